The maximum Gasteiger partial charge on any atom is 0.268 e. The molecule has 0 bridgehead atoms. The van der Waals surface area contributed by atoms with E-state index < -0.39 is 0 Å². The number of nitrogen functional groups attached to an aromatic ring is 1. The van der Waals surface area contributed by atoms with E-state index in [0.717, 1.165) is 20.8 Å². The molecule has 0 spiro atoms. The van der Waals surface area contributed by atoms with Crippen molar-refractivity contribution in [2.24, 2.45) is 0 Å². The highest BCUT2D eigenvalue weighted by Crippen LogP contribution is 2.21. The third kappa shape index (κ3) is 2.37. The Labute approximate surface area is 119 Å². The van der Waals surface area contributed by atoms with Gasteiger partial charge in [0.2, 0.25) is 0 Å². The van der Waals surface area contributed by atoms with Gasteiger partial charge in [-0.3, -0.25) is 4.79 Å². The Morgan fingerprint density at radius 1 is 1.50 bits per heavy atom. The van der Waals surface area contributed by atoms with Gasteiger partial charge in [-0.05, 0) is 19.1 Å². The minimum Gasteiger partial charge on any atom is -0.397 e. The maximum absolute atomic E-state index is 12.1. The van der Waals surface area contributed by atoms with Crippen LogP contribution in [0, 0.1) is 6.92 Å². The number of hydrogen-bond donors (Lipinski definition) is 3. The summed E-state index contributed by atoms with van der Waals surface area (Å²) in [5, 5.41) is 4.80. The molecule has 0 fully saturated rings. The Balaban J connectivity index is 1.77. The fourth-order valence-corrected chi connectivity index (χ4v) is 2.79. The van der Waals surface area contributed by atoms with Gasteiger partial charge in [-0.25, -0.2) is 4.98 Å². The topological polar surface area (TPSA) is 83.8 Å². The second kappa shape index (κ2) is 4.97. The van der Waals surface area contributed by atoms with Gasteiger partial charge >= 0.3 is 0 Å². The average Bonchev–Trinajstić information content (AvgIpc) is 3.03. The summed E-state index contributed by atoms with van der Waals surface area (Å²) in [6, 6.07) is 7.40. The predicted octanol–water partition coefficient (Wildman–Crippen LogP) is 2.45. The van der Waals surface area contributed by atoms with Gasteiger partial charge in [-0.2, -0.15) is 0 Å². The molecule has 2 heterocycles. The highest BCUT2D eigenvalue weighted by molar-refractivity contribution is 7.11. The first-order valence-corrected chi connectivity index (χ1v) is 7.02. The third-order valence-electron chi connectivity index (χ3n) is 3.03. The number of anilines is 1. The summed E-state index contributed by atoms with van der Waals surface area (Å²) in [6.07, 6.45) is 1.78. The number of hydrogen-bond acceptors (Lipinski definition) is 4. The Hall–Kier alpha value is -2.34. The molecule has 3 rings (SSSR count). The molecule has 0 radical (unpaired) electrons. The fraction of sp³-hybridized carbons (Fsp3) is 0.143. The number of thiazole rings is 1. The van der Waals surface area contributed by atoms with Crippen molar-refractivity contribution < 1.29 is 4.79 Å². The van der Waals surface area contributed by atoms with Crippen molar-refractivity contribution in [3.8, 4) is 0 Å². The second-order valence-electron chi connectivity index (χ2n) is 4.52. The van der Waals surface area contributed by atoms with Crippen molar-refractivity contribution in [2.75, 3.05) is 5.73 Å². The molecule has 0 aliphatic carbocycles. The maximum atomic E-state index is 12.1. The number of rotatable bonds is 3. The van der Waals surface area contributed by atoms with E-state index in [0.29, 0.717) is 17.9 Å². The first kappa shape index (κ1) is 12.7. The zero-order valence-electron chi connectivity index (χ0n) is 10.9. The third-order valence-corrected chi connectivity index (χ3v) is 3.94. The van der Waals surface area contributed by atoms with Crippen LogP contribution in [-0.2, 0) is 6.54 Å². The van der Waals surface area contributed by atoms with E-state index in [1.54, 1.807) is 29.7 Å². The predicted molar refractivity (Wildman–Crippen MR) is 80.7 cm³/mol. The number of carbonyl (C=O) groups is 1. The van der Waals surface area contributed by atoms with E-state index in [9.17, 15) is 4.79 Å². The number of para-hydroxylation sites is 1. The molecule has 3 aromatic rings. The lowest BCUT2D eigenvalue weighted by Gasteiger charge is -2.00. The Kier molecular flexibility index (Phi) is 3.15. The molecule has 2 aromatic heterocycles. The number of fused-ring (bicyclic) bond motifs is 1. The number of H-pyrrole nitrogens is 1. The van der Waals surface area contributed by atoms with Crippen LogP contribution in [0.15, 0.2) is 30.5 Å². The highest BCUT2D eigenvalue weighted by Gasteiger charge is 2.10. The van der Waals surface area contributed by atoms with Crippen molar-refractivity contribution in [3.05, 3.63) is 46.0 Å². The molecular formula is C14H14N4OS. The number of nitrogens with zero attached hydrogens (tertiary/aromatic N) is 1. The van der Waals surface area contributed by atoms with E-state index in [4.69, 9.17) is 5.73 Å². The van der Waals surface area contributed by atoms with Crippen LogP contribution in [0.3, 0.4) is 0 Å². The number of aryl methyl sites for hydroxylation is 1. The zero-order valence-corrected chi connectivity index (χ0v) is 11.8. The van der Waals surface area contributed by atoms with Gasteiger partial charge in [0, 0.05) is 16.5 Å². The Morgan fingerprint density at radius 2 is 2.35 bits per heavy atom. The zero-order chi connectivity index (χ0) is 14.1. The van der Waals surface area contributed by atoms with Crippen molar-refractivity contribution in [2.45, 2.75) is 13.5 Å². The van der Waals surface area contributed by atoms with Gasteiger partial charge in [0.05, 0.1) is 22.8 Å². The van der Waals surface area contributed by atoms with Crippen LogP contribution in [0.2, 0.25) is 0 Å². The first-order chi connectivity index (χ1) is 9.63. The monoisotopic (exact) mass is 286 g/mol. The molecule has 0 saturated heterocycles. The number of amides is 1. The van der Waals surface area contributed by atoms with Crippen molar-refractivity contribution in [1.82, 2.24) is 15.3 Å². The quantitative estimate of drug-likeness (QED) is 0.647. The molecule has 0 saturated carbocycles. The summed E-state index contributed by atoms with van der Waals surface area (Å²) >= 11 is 1.58. The van der Waals surface area contributed by atoms with E-state index in [-0.39, 0.29) is 5.91 Å². The van der Waals surface area contributed by atoms with Crippen LogP contribution in [0.25, 0.3) is 10.9 Å². The molecule has 1 aromatic carbocycles. The number of nitrogens with two attached hydrogens (primary N) is 1. The van der Waals surface area contributed by atoms with E-state index in [2.05, 4.69) is 15.3 Å². The van der Waals surface area contributed by atoms with Gasteiger partial charge in [-0.15, -0.1) is 11.3 Å². The van der Waals surface area contributed by atoms with E-state index in [1.165, 1.54) is 0 Å². The van der Waals surface area contributed by atoms with Gasteiger partial charge < -0.3 is 16.0 Å². The SMILES string of the molecule is Cc1ncc(CNC(=O)c2cc3cccc(N)c3[nH]2)s1. The van der Waals surface area contributed by atoms with Gasteiger partial charge in [-0.1, -0.05) is 12.1 Å². The van der Waals surface area contributed by atoms with Crippen LogP contribution in [-0.4, -0.2) is 15.9 Å². The lowest BCUT2D eigenvalue weighted by atomic mass is 10.2. The van der Waals surface area contributed by atoms with Crippen LogP contribution < -0.4 is 11.1 Å². The average molecular weight is 286 g/mol. The van der Waals surface area contributed by atoms with Gasteiger partial charge in [0.25, 0.3) is 5.91 Å². The van der Waals surface area contributed by atoms with Gasteiger partial charge in [0.15, 0.2) is 0 Å². The molecule has 1 amide bonds. The summed E-state index contributed by atoms with van der Waals surface area (Å²) in [6.45, 7) is 2.42. The Morgan fingerprint density at radius 3 is 3.05 bits per heavy atom. The summed E-state index contributed by atoms with van der Waals surface area (Å²) in [7, 11) is 0. The minimum absolute atomic E-state index is 0.147. The molecule has 0 aliphatic rings. The van der Waals surface area contributed by atoms with Crippen molar-refractivity contribution >= 4 is 33.8 Å². The lowest BCUT2D eigenvalue weighted by molar-refractivity contribution is 0.0947. The smallest absolute Gasteiger partial charge is 0.268 e. The second-order valence-corrected chi connectivity index (χ2v) is 5.84. The lowest BCUT2D eigenvalue weighted by Crippen LogP contribution is -2.22. The summed E-state index contributed by atoms with van der Waals surface area (Å²) in [5.74, 6) is -0.147. The first-order valence-electron chi connectivity index (χ1n) is 6.20. The minimum atomic E-state index is -0.147. The summed E-state index contributed by atoms with van der Waals surface area (Å²) in [4.78, 5) is 20.4. The normalized spacial score (nSPS) is 10.8. The molecule has 4 N–H and O–H groups in total. The number of aromatic nitrogens is 2. The summed E-state index contributed by atoms with van der Waals surface area (Å²) < 4.78 is 0. The van der Waals surface area contributed by atoms with Crippen molar-refractivity contribution in [3.63, 3.8) is 0 Å². The molecule has 0 atom stereocenters. The van der Waals surface area contributed by atoms with Crippen molar-refractivity contribution in [1.29, 1.82) is 0 Å². The molecule has 20 heavy (non-hydrogen) atoms. The van der Waals surface area contributed by atoms with Crippen LogP contribution in [0.5, 0.6) is 0 Å². The van der Waals surface area contributed by atoms with Crippen LogP contribution >= 0.6 is 11.3 Å². The largest absolute Gasteiger partial charge is 0.397 e. The number of nitrogens with one attached hydrogen (secondary N) is 2. The molecular weight excluding hydrogens is 272 g/mol. The fourth-order valence-electron chi connectivity index (χ4n) is 2.05. The van der Waals surface area contributed by atoms with E-state index >= 15 is 0 Å². The molecule has 0 unspecified atom stereocenters. The number of aromatic amines is 1. The standard InChI is InChI=1S/C14H14N4OS/c1-8-16-6-10(20-8)7-17-14(19)12-5-9-3-2-4-11(15)13(9)18-12/h2-6,18H,7,15H2,1H3,(H,17,19). The molecule has 102 valence electrons. The molecule has 5 nitrogen and oxygen atoms in total. The molecule has 0 aliphatic heterocycles. The van der Waals surface area contributed by atoms with Gasteiger partial charge in [0.1, 0.15) is 5.69 Å². The number of carbonyl (C=O) groups excluding carboxylic acids is 1. The summed E-state index contributed by atoms with van der Waals surface area (Å²) in [5.41, 5.74) is 7.82. The van der Waals surface area contributed by atoms with Crippen LogP contribution in [0.1, 0.15) is 20.4 Å². The van der Waals surface area contributed by atoms with Crippen LogP contribution in [0.4, 0.5) is 5.69 Å². The van der Waals surface area contributed by atoms with E-state index in [1.807, 2.05) is 19.1 Å². The number of benzene rings is 1. The Bertz CT molecular complexity index is 774. The molecule has 6 heteroatoms. The highest BCUT2D eigenvalue weighted by atomic mass is 32.1.